The highest BCUT2D eigenvalue weighted by molar-refractivity contribution is 7.90. The second kappa shape index (κ2) is 14.6. The summed E-state index contributed by atoms with van der Waals surface area (Å²) in [4.78, 5) is 13.1. The molecule has 0 bridgehead atoms. The van der Waals surface area contributed by atoms with Crippen LogP contribution < -0.4 is 9.46 Å². The quantitative estimate of drug-likeness (QED) is 0.154. The van der Waals surface area contributed by atoms with Crippen molar-refractivity contribution >= 4 is 48.5 Å². The minimum absolute atomic E-state index is 0.0345. The van der Waals surface area contributed by atoms with Gasteiger partial charge in [0.05, 0.1) is 16.4 Å². The van der Waals surface area contributed by atoms with Gasteiger partial charge in [0.25, 0.3) is 15.9 Å². The van der Waals surface area contributed by atoms with Gasteiger partial charge < -0.3 is 9.30 Å². The van der Waals surface area contributed by atoms with Crippen LogP contribution in [0.4, 0.5) is 0 Å². The Labute approximate surface area is 289 Å². The van der Waals surface area contributed by atoms with E-state index in [0.29, 0.717) is 26.1 Å². The monoisotopic (exact) mass is 713 g/mol. The molecular weight excluding hydrogens is 670 g/mol. The average Bonchev–Trinajstić information content (AvgIpc) is 3.34. The Kier molecular flexibility index (Phi) is 10.9. The van der Waals surface area contributed by atoms with Crippen LogP contribution >= 0.6 is 11.6 Å². The van der Waals surface area contributed by atoms with Crippen LogP contribution in [-0.4, -0.2) is 50.8 Å². The number of nitrogens with zero attached hydrogens (tertiary/aromatic N) is 2. The number of nitrogens with one attached hydrogen (secondary N) is 1. The number of ether oxygens (including phenoxy) is 1. The van der Waals surface area contributed by atoms with E-state index >= 15 is 0 Å². The molecule has 258 valence electrons. The molecule has 1 N–H and O–H groups in total. The van der Waals surface area contributed by atoms with Crippen LogP contribution in [0.2, 0.25) is 5.02 Å². The normalized spacial score (nSPS) is 15.9. The zero-order valence-electron chi connectivity index (χ0n) is 28.2. The molecule has 3 aromatic carbocycles. The van der Waals surface area contributed by atoms with Gasteiger partial charge in [0.1, 0.15) is 5.75 Å². The van der Waals surface area contributed by atoms with Gasteiger partial charge in [0.2, 0.25) is 10.0 Å². The topological polar surface area (TPSA) is 115 Å². The van der Waals surface area contributed by atoms with Crippen molar-refractivity contribution in [1.29, 1.82) is 0 Å². The molecule has 0 aliphatic carbocycles. The van der Waals surface area contributed by atoms with Crippen LogP contribution in [0.5, 0.6) is 5.75 Å². The Bertz CT molecular complexity index is 2020. The molecule has 5 rings (SSSR count). The number of halogens is 1. The Balaban J connectivity index is 1.29. The maximum absolute atomic E-state index is 13.3. The fourth-order valence-corrected chi connectivity index (χ4v) is 9.54. The highest BCUT2D eigenvalue weighted by Crippen LogP contribution is 2.30. The predicted molar refractivity (Wildman–Crippen MR) is 190 cm³/mol. The smallest absolute Gasteiger partial charge is 0.265 e. The minimum Gasteiger partial charge on any atom is -0.494 e. The van der Waals surface area contributed by atoms with Gasteiger partial charge in [0.15, 0.2) is 0 Å². The number of carbonyl (C=O) groups is 1. The molecule has 12 heteroatoms. The van der Waals surface area contributed by atoms with Gasteiger partial charge in [-0.05, 0) is 124 Å². The molecule has 1 aromatic heterocycles. The summed E-state index contributed by atoms with van der Waals surface area (Å²) < 4.78 is 65.0. The van der Waals surface area contributed by atoms with Crippen molar-refractivity contribution in [3.05, 3.63) is 87.6 Å². The molecule has 1 atom stereocenters. The summed E-state index contributed by atoms with van der Waals surface area (Å²) in [5, 5.41) is 1.64. The van der Waals surface area contributed by atoms with Crippen molar-refractivity contribution in [1.82, 2.24) is 13.6 Å². The SMILES string of the molecule is CCc1c(C)n(CCCOc2cc(C)c(Cl)c(C)c2)c2ccc(C(=O)NS(=O)(=O)c3ccc(S(=O)(=O)N4CCCCC4CC)cc3)cc12. The van der Waals surface area contributed by atoms with Crippen LogP contribution in [0.3, 0.4) is 0 Å². The molecule has 0 saturated carbocycles. The molecule has 1 aliphatic rings. The number of carbonyl (C=O) groups excluding carboxylic acids is 1. The van der Waals surface area contributed by atoms with Crippen LogP contribution in [0.25, 0.3) is 10.9 Å². The van der Waals surface area contributed by atoms with Crippen molar-refractivity contribution in [2.45, 2.75) is 95.5 Å². The zero-order valence-corrected chi connectivity index (χ0v) is 30.6. The number of fused-ring (bicyclic) bond motifs is 1. The third-order valence-electron chi connectivity index (χ3n) is 9.29. The summed E-state index contributed by atoms with van der Waals surface area (Å²) in [6.07, 6.45) is 4.80. The number of aromatic nitrogens is 1. The van der Waals surface area contributed by atoms with E-state index in [9.17, 15) is 21.6 Å². The molecule has 4 aromatic rings. The van der Waals surface area contributed by atoms with Crippen LogP contribution in [0.15, 0.2) is 64.4 Å². The molecule has 1 amide bonds. The van der Waals surface area contributed by atoms with Gasteiger partial charge in [-0.1, -0.05) is 31.9 Å². The number of benzene rings is 3. The summed E-state index contributed by atoms with van der Waals surface area (Å²) in [7, 11) is -8.03. The number of hydrogen-bond donors (Lipinski definition) is 1. The molecule has 1 aliphatic heterocycles. The molecule has 1 unspecified atom stereocenters. The van der Waals surface area contributed by atoms with Crippen molar-refractivity contribution in [3.8, 4) is 5.75 Å². The first-order valence-corrected chi connectivity index (χ1v) is 19.8. The zero-order chi connectivity index (χ0) is 34.8. The Hall–Kier alpha value is -3.38. The molecule has 0 spiro atoms. The minimum atomic E-state index is -4.26. The lowest BCUT2D eigenvalue weighted by molar-refractivity contribution is 0.0981. The number of sulfonamides is 2. The highest BCUT2D eigenvalue weighted by atomic mass is 35.5. The molecule has 48 heavy (non-hydrogen) atoms. The molecule has 1 fully saturated rings. The first-order chi connectivity index (χ1) is 22.8. The van der Waals surface area contributed by atoms with Gasteiger partial charge in [-0.25, -0.2) is 21.6 Å². The number of aryl methyl sites for hydroxylation is 4. The van der Waals surface area contributed by atoms with E-state index in [4.69, 9.17) is 16.3 Å². The van der Waals surface area contributed by atoms with Crippen molar-refractivity contribution < 1.29 is 26.4 Å². The maximum atomic E-state index is 13.3. The molecule has 2 heterocycles. The number of piperidine rings is 1. The summed E-state index contributed by atoms with van der Waals surface area (Å²) in [6, 6.07) is 14.1. The van der Waals surface area contributed by atoms with Crippen molar-refractivity contribution in [3.63, 3.8) is 0 Å². The number of amides is 1. The van der Waals surface area contributed by atoms with E-state index in [1.807, 2.05) is 45.9 Å². The summed E-state index contributed by atoms with van der Waals surface area (Å²) in [5.74, 6) is 0.0222. The Morgan fingerprint density at radius 2 is 1.60 bits per heavy atom. The Morgan fingerprint density at radius 3 is 2.25 bits per heavy atom. The van der Waals surface area contributed by atoms with Crippen molar-refractivity contribution in [2.75, 3.05) is 13.2 Å². The van der Waals surface area contributed by atoms with E-state index in [1.54, 1.807) is 12.1 Å². The standard InChI is InChI=1S/C36H44ClN3O6S2/c1-6-28-11-8-9-19-40(28)48(44,45)31-15-13-30(14-16-31)47(42,43)38-36(41)27-12-17-34-33(23-27)32(7-2)26(5)39(34)18-10-20-46-29-21-24(3)35(37)25(4)22-29/h12-17,21-23,28H,6-11,18-20H2,1-5H3,(H,38,41). The van der Waals surface area contributed by atoms with Gasteiger partial charge in [-0.3, -0.25) is 4.79 Å². The first-order valence-electron chi connectivity index (χ1n) is 16.5. The third kappa shape index (κ3) is 7.29. The molecule has 0 radical (unpaired) electrons. The van der Waals surface area contributed by atoms with Crippen LogP contribution in [-0.2, 0) is 33.0 Å². The molecular formula is C36H44ClN3O6S2. The van der Waals surface area contributed by atoms with E-state index in [1.165, 1.54) is 28.6 Å². The van der Waals surface area contributed by atoms with Gasteiger partial charge in [0, 0.05) is 46.3 Å². The van der Waals surface area contributed by atoms with Crippen LogP contribution in [0, 0.1) is 20.8 Å². The van der Waals surface area contributed by atoms with E-state index in [-0.39, 0.29) is 21.4 Å². The average molecular weight is 714 g/mol. The van der Waals surface area contributed by atoms with Crippen LogP contribution in [0.1, 0.15) is 78.7 Å². The second-order valence-corrected chi connectivity index (χ2v) is 16.4. The highest BCUT2D eigenvalue weighted by Gasteiger charge is 2.33. The molecule has 9 nitrogen and oxygen atoms in total. The largest absolute Gasteiger partial charge is 0.494 e. The second-order valence-electron chi connectivity index (χ2n) is 12.5. The summed E-state index contributed by atoms with van der Waals surface area (Å²) in [6.45, 7) is 11.6. The first kappa shape index (κ1) is 35.9. The molecule has 1 saturated heterocycles. The number of hydrogen-bond acceptors (Lipinski definition) is 6. The third-order valence-corrected chi connectivity index (χ3v) is 13.2. The fraction of sp³-hybridized carbons (Fsp3) is 0.417. The Morgan fingerprint density at radius 1 is 0.938 bits per heavy atom. The maximum Gasteiger partial charge on any atom is 0.265 e. The van der Waals surface area contributed by atoms with Crippen molar-refractivity contribution in [2.24, 2.45) is 0 Å². The van der Waals surface area contributed by atoms with Gasteiger partial charge in [-0.15, -0.1) is 0 Å². The van der Waals surface area contributed by atoms with E-state index in [0.717, 1.165) is 76.2 Å². The fourth-order valence-electron chi connectivity index (χ4n) is 6.69. The predicted octanol–water partition coefficient (Wildman–Crippen LogP) is 7.32. The number of rotatable bonds is 12. The van der Waals surface area contributed by atoms with E-state index in [2.05, 4.69) is 16.2 Å². The lowest BCUT2D eigenvalue weighted by Crippen LogP contribution is -2.43. The lowest BCUT2D eigenvalue weighted by Gasteiger charge is -2.34. The summed E-state index contributed by atoms with van der Waals surface area (Å²) in [5.41, 5.74) is 5.29. The van der Waals surface area contributed by atoms with Gasteiger partial charge >= 0.3 is 0 Å². The van der Waals surface area contributed by atoms with E-state index < -0.39 is 26.0 Å². The summed E-state index contributed by atoms with van der Waals surface area (Å²) >= 11 is 6.29. The van der Waals surface area contributed by atoms with Gasteiger partial charge in [-0.2, -0.15) is 4.31 Å². The lowest BCUT2D eigenvalue weighted by atomic mass is 10.0.